The van der Waals surface area contributed by atoms with Gasteiger partial charge in [-0.1, -0.05) is 207 Å². The zero-order valence-electron chi connectivity index (χ0n) is 36.7. The van der Waals surface area contributed by atoms with Crippen LogP contribution in [0.4, 0.5) is 17.1 Å². The molecule has 0 aromatic heterocycles. The van der Waals surface area contributed by atoms with E-state index in [4.69, 9.17) is 0 Å². The van der Waals surface area contributed by atoms with Crippen molar-refractivity contribution in [3.05, 3.63) is 220 Å². The summed E-state index contributed by atoms with van der Waals surface area (Å²) in [5, 5.41) is 0. The molecule has 3 aliphatic rings. The molecule has 0 amide bonds. The maximum atomic E-state index is 2.60. The molecule has 0 N–H and O–H groups in total. The molecule has 0 saturated heterocycles. The fourth-order valence-electron chi connectivity index (χ4n) is 11.1. The molecule has 0 bridgehead atoms. The van der Waals surface area contributed by atoms with E-state index in [1.165, 1.54) is 94.7 Å². The monoisotopic (exact) mass is 787 g/mol. The third kappa shape index (κ3) is 5.32. The molecule has 8 aromatic carbocycles. The molecule has 0 fully saturated rings. The van der Waals surface area contributed by atoms with E-state index < -0.39 is 5.41 Å². The van der Waals surface area contributed by atoms with E-state index in [0.717, 1.165) is 11.4 Å². The van der Waals surface area contributed by atoms with Crippen molar-refractivity contribution in [2.24, 2.45) is 0 Å². The second-order valence-corrected chi connectivity index (χ2v) is 20.1. The number of para-hydroxylation sites is 1. The van der Waals surface area contributed by atoms with Crippen molar-refractivity contribution in [1.82, 2.24) is 0 Å². The fourth-order valence-corrected chi connectivity index (χ4v) is 11.1. The van der Waals surface area contributed by atoms with Crippen LogP contribution in [0, 0.1) is 0 Å². The molecule has 61 heavy (non-hydrogen) atoms. The summed E-state index contributed by atoms with van der Waals surface area (Å²) >= 11 is 0. The van der Waals surface area contributed by atoms with Crippen LogP contribution in [0.15, 0.2) is 176 Å². The summed E-state index contributed by atoms with van der Waals surface area (Å²) in [6.07, 6.45) is 0. The van der Waals surface area contributed by atoms with Crippen LogP contribution in [0.1, 0.15) is 99.9 Å². The number of rotatable bonds is 4. The maximum Gasteiger partial charge on any atom is 0.0746 e. The average Bonchev–Trinajstić information content (AvgIpc) is 3.82. The van der Waals surface area contributed by atoms with Gasteiger partial charge >= 0.3 is 0 Å². The second-order valence-electron chi connectivity index (χ2n) is 20.1. The first kappa shape index (κ1) is 37.6. The van der Waals surface area contributed by atoms with Crippen molar-refractivity contribution in [2.75, 3.05) is 4.90 Å². The first-order chi connectivity index (χ1) is 29.3. The Morgan fingerprint density at radius 2 is 0.836 bits per heavy atom. The van der Waals surface area contributed by atoms with E-state index in [9.17, 15) is 0 Å². The van der Waals surface area contributed by atoms with Gasteiger partial charge in [-0.25, -0.2) is 0 Å². The summed E-state index contributed by atoms with van der Waals surface area (Å²) in [7, 11) is 0. The highest BCUT2D eigenvalue weighted by Crippen LogP contribution is 2.66. The van der Waals surface area contributed by atoms with Crippen molar-refractivity contribution < 1.29 is 0 Å². The Balaban J connectivity index is 1.28. The molecule has 1 nitrogen and oxygen atoms in total. The lowest BCUT2D eigenvalue weighted by molar-refractivity contribution is 0.586. The van der Waals surface area contributed by atoms with Crippen molar-refractivity contribution in [1.29, 1.82) is 0 Å². The summed E-state index contributed by atoms with van der Waals surface area (Å²) in [6.45, 7) is 18.9. The molecule has 298 valence electrons. The average molecular weight is 788 g/mol. The number of benzene rings is 8. The van der Waals surface area contributed by atoms with Gasteiger partial charge < -0.3 is 4.90 Å². The third-order valence-electron chi connectivity index (χ3n) is 14.2. The third-order valence-corrected chi connectivity index (χ3v) is 14.2. The first-order valence-electron chi connectivity index (χ1n) is 22.0. The lowest BCUT2D eigenvalue weighted by Crippen LogP contribution is -2.29. The second kappa shape index (κ2) is 13.0. The number of nitrogens with zero attached hydrogens (tertiary/aromatic N) is 1. The number of hydrogen-bond acceptors (Lipinski definition) is 1. The van der Waals surface area contributed by atoms with E-state index in [-0.39, 0.29) is 16.2 Å². The minimum absolute atomic E-state index is 0.0303. The van der Waals surface area contributed by atoms with E-state index in [0.29, 0.717) is 0 Å². The molecule has 11 rings (SSSR count). The van der Waals surface area contributed by atoms with E-state index >= 15 is 0 Å². The van der Waals surface area contributed by atoms with Crippen molar-refractivity contribution >= 4 is 17.1 Å². The van der Waals surface area contributed by atoms with Crippen molar-refractivity contribution in [3.8, 4) is 44.5 Å². The van der Waals surface area contributed by atoms with Gasteiger partial charge in [0.05, 0.1) is 16.8 Å². The minimum Gasteiger partial charge on any atom is -0.310 e. The van der Waals surface area contributed by atoms with E-state index in [1.807, 2.05) is 0 Å². The molecule has 0 saturated carbocycles. The van der Waals surface area contributed by atoms with Crippen LogP contribution in [0.25, 0.3) is 44.5 Å². The highest BCUT2D eigenvalue weighted by Gasteiger charge is 2.54. The molecule has 0 unspecified atom stereocenters. The van der Waals surface area contributed by atoms with Gasteiger partial charge in [0.2, 0.25) is 0 Å². The topological polar surface area (TPSA) is 3.24 Å². The lowest BCUT2D eigenvalue weighted by Gasteiger charge is -2.37. The Kier molecular flexibility index (Phi) is 8.02. The fraction of sp³-hybridized carbons (Fsp3) is 0.200. The van der Waals surface area contributed by atoms with E-state index in [2.05, 4.69) is 236 Å². The van der Waals surface area contributed by atoms with Crippen LogP contribution in [0.3, 0.4) is 0 Å². The Morgan fingerprint density at radius 3 is 1.48 bits per heavy atom. The largest absolute Gasteiger partial charge is 0.310 e. The molecule has 3 aliphatic carbocycles. The van der Waals surface area contributed by atoms with Crippen LogP contribution in [-0.2, 0) is 21.7 Å². The minimum atomic E-state index is -0.568. The molecular weight excluding hydrogens is 735 g/mol. The number of fused-ring (bicyclic) bond motifs is 13. The van der Waals surface area contributed by atoms with Gasteiger partial charge in [0, 0.05) is 22.2 Å². The zero-order chi connectivity index (χ0) is 42.1. The Labute approximate surface area is 362 Å². The normalized spacial score (nSPS) is 14.8. The quantitative estimate of drug-likeness (QED) is 0.172. The van der Waals surface area contributed by atoms with Gasteiger partial charge in [-0.15, -0.1) is 0 Å². The summed E-state index contributed by atoms with van der Waals surface area (Å²) in [5.41, 5.74) is 24.0. The van der Waals surface area contributed by atoms with Gasteiger partial charge in [0.15, 0.2) is 0 Å². The smallest absolute Gasteiger partial charge is 0.0746 e. The SMILES string of the molecule is CC(C)(C)c1ccc2c(c1)C1(c3cc(C(C)(C)C)ccc3-2)c2ccccc2-c2cccc(N(c3ccc4c(c3)C(C)(C)c3ccccc3-4)c3ccccc3-c3ccccc3)c21. The Hall–Kier alpha value is -6.44. The molecule has 0 radical (unpaired) electrons. The molecule has 1 heteroatoms. The summed E-state index contributed by atoms with van der Waals surface area (Å²) in [5.74, 6) is 0. The summed E-state index contributed by atoms with van der Waals surface area (Å²) < 4.78 is 0. The van der Waals surface area contributed by atoms with Crippen LogP contribution < -0.4 is 4.90 Å². The van der Waals surface area contributed by atoms with Gasteiger partial charge in [-0.2, -0.15) is 0 Å². The zero-order valence-corrected chi connectivity index (χ0v) is 36.7. The summed E-state index contributed by atoms with van der Waals surface area (Å²) in [6, 6.07) is 67.2. The van der Waals surface area contributed by atoms with Crippen LogP contribution in [0.5, 0.6) is 0 Å². The van der Waals surface area contributed by atoms with Gasteiger partial charge in [0.1, 0.15) is 0 Å². The number of anilines is 3. The highest BCUT2D eigenvalue weighted by atomic mass is 15.1. The molecule has 1 spiro atoms. The van der Waals surface area contributed by atoms with Crippen molar-refractivity contribution in [3.63, 3.8) is 0 Å². The molecule has 0 aliphatic heterocycles. The van der Waals surface area contributed by atoms with Gasteiger partial charge in [0.25, 0.3) is 0 Å². The van der Waals surface area contributed by atoms with Gasteiger partial charge in [-0.05, 0) is 113 Å². The molecule has 0 heterocycles. The standard InChI is InChI=1S/C60H53N/c1-57(2,3)39-29-32-46-47-33-30-40(58(4,5)6)36-53(47)60(52(46)35-39)50-26-16-13-23-44(50)48-24-18-28-55(56(48)60)61(54-27-17-14-21-42(54)38-19-10-9-11-20-38)41-31-34-45-43-22-12-15-25-49(43)59(7,8)51(45)37-41/h9-37H,1-8H3. The van der Waals surface area contributed by atoms with Gasteiger partial charge in [-0.3, -0.25) is 0 Å². The molecular formula is C60H53N. The molecule has 0 atom stereocenters. The molecule has 8 aromatic rings. The van der Waals surface area contributed by atoms with Crippen LogP contribution >= 0.6 is 0 Å². The number of hydrogen-bond donors (Lipinski definition) is 0. The Bertz CT molecular complexity index is 3010. The predicted molar refractivity (Wildman–Crippen MR) is 258 cm³/mol. The lowest BCUT2D eigenvalue weighted by atomic mass is 9.68. The summed E-state index contributed by atoms with van der Waals surface area (Å²) in [4.78, 5) is 2.60. The first-order valence-corrected chi connectivity index (χ1v) is 22.0. The highest BCUT2D eigenvalue weighted by molar-refractivity contribution is 6.01. The van der Waals surface area contributed by atoms with Crippen LogP contribution in [-0.4, -0.2) is 0 Å². The predicted octanol–water partition coefficient (Wildman–Crippen LogP) is 16.1. The maximum absolute atomic E-state index is 2.60. The van der Waals surface area contributed by atoms with Crippen LogP contribution in [0.2, 0.25) is 0 Å². The Morgan fingerprint density at radius 1 is 0.361 bits per heavy atom. The van der Waals surface area contributed by atoms with Crippen molar-refractivity contribution in [2.45, 2.75) is 77.0 Å². The van der Waals surface area contributed by atoms with E-state index in [1.54, 1.807) is 0 Å².